The molecule has 1 aliphatic heterocycles. The highest BCUT2D eigenvalue weighted by Gasteiger charge is 2.26. The number of likely N-dealkylation sites (tertiary alicyclic amines) is 1. The third kappa shape index (κ3) is 2.05. The minimum absolute atomic E-state index is 0.150. The highest BCUT2D eigenvalue weighted by molar-refractivity contribution is 7.17. The zero-order valence-electron chi connectivity index (χ0n) is 10.8. The minimum atomic E-state index is 0.150. The number of hydrogen-bond donors (Lipinski definition) is 1. The molecule has 2 unspecified atom stereocenters. The molecule has 4 heteroatoms. The lowest BCUT2D eigenvalue weighted by Gasteiger charge is -2.34. The maximum Gasteiger partial charge on any atom is 0.270 e. The summed E-state index contributed by atoms with van der Waals surface area (Å²) < 4.78 is 1.16. The van der Waals surface area contributed by atoms with Crippen molar-refractivity contribution in [2.45, 2.75) is 20.3 Å². The van der Waals surface area contributed by atoms with Gasteiger partial charge in [-0.3, -0.25) is 4.79 Å². The molecule has 96 valence electrons. The fourth-order valence-electron chi connectivity index (χ4n) is 2.96. The fourth-order valence-corrected chi connectivity index (χ4v) is 3.75. The number of aromatic amines is 1. The molecule has 18 heavy (non-hydrogen) atoms. The summed E-state index contributed by atoms with van der Waals surface area (Å²) in [6.07, 6.45) is 1.23. The first kappa shape index (κ1) is 11.8. The summed E-state index contributed by atoms with van der Waals surface area (Å²) in [7, 11) is 0. The van der Waals surface area contributed by atoms with Crippen molar-refractivity contribution in [3.05, 3.63) is 23.2 Å². The van der Waals surface area contributed by atoms with Crippen molar-refractivity contribution in [2.24, 2.45) is 11.8 Å². The first-order valence-electron chi connectivity index (χ1n) is 6.49. The van der Waals surface area contributed by atoms with Crippen LogP contribution in [0.25, 0.3) is 10.2 Å². The summed E-state index contributed by atoms with van der Waals surface area (Å²) in [6.45, 7) is 6.22. The molecule has 3 nitrogen and oxygen atoms in total. The molecule has 3 heterocycles. The van der Waals surface area contributed by atoms with Crippen molar-refractivity contribution >= 4 is 27.5 Å². The molecule has 3 rings (SSSR count). The first-order valence-corrected chi connectivity index (χ1v) is 7.37. The van der Waals surface area contributed by atoms with Crippen LogP contribution in [0.4, 0.5) is 0 Å². The zero-order valence-corrected chi connectivity index (χ0v) is 11.6. The number of H-pyrrole nitrogens is 1. The smallest absolute Gasteiger partial charge is 0.270 e. The summed E-state index contributed by atoms with van der Waals surface area (Å²) in [4.78, 5) is 17.7. The molecular weight excluding hydrogens is 244 g/mol. The topological polar surface area (TPSA) is 36.1 Å². The predicted molar refractivity (Wildman–Crippen MR) is 75.0 cm³/mol. The van der Waals surface area contributed by atoms with E-state index in [0.29, 0.717) is 11.8 Å². The molecular formula is C14H18N2OS. The normalized spacial score (nSPS) is 24.7. The lowest BCUT2D eigenvalue weighted by molar-refractivity contribution is 0.0618. The number of hydrogen-bond acceptors (Lipinski definition) is 2. The SMILES string of the molecule is CC1CC(C)CN(C(=O)c2cc3sccc3[nH]2)C1. The molecule has 1 aliphatic rings. The highest BCUT2D eigenvalue weighted by Crippen LogP contribution is 2.25. The van der Waals surface area contributed by atoms with E-state index >= 15 is 0 Å². The van der Waals surface area contributed by atoms with Gasteiger partial charge in [0.1, 0.15) is 5.69 Å². The summed E-state index contributed by atoms with van der Waals surface area (Å²) in [6, 6.07) is 4.00. The maximum atomic E-state index is 12.5. The summed E-state index contributed by atoms with van der Waals surface area (Å²) >= 11 is 1.67. The lowest BCUT2D eigenvalue weighted by Crippen LogP contribution is -2.42. The van der Waals surface area contributed by atoms with Crippen molar-refractivity contribution in [2.75, 3.05) is 13.1 Å². The Morgan fingerprint density at radius 2 is 2.11 bits per heavy atom. The largest absolute Gasteiger partial charge is 0.350 e. The van der Waals surface area contributed by atoms with Gasteiger partial charge in [-0.1, -0.05) is 13.8 Å². The van der Waals surface area contributed by atoms with Crippen molar-refractivity contribution in [1.82, 2.24) is 9.88 Å². The van der Waals surface area contributed by atoms with E-state index in [0.717, 1.165) is 29.0 Å². The number of fused-ring (bicyclic) bond motifs is 1. The van der Waals surface area contributed by atoms with Gasteiger partial charge in [0.2, 0.25) is 0 Å². The second-order valence-electron chi connectivity index (χ2n) is 5.54. The molecule has 0 radical (unpaired) electrons. The van der Waals surface area contributed by atoms with Crippen molar-refractivity contribution in [3.8, 4) is 0 Å². The van der Waals surface area contributed by atoms with E-state index in [1.54, 1.807) is 11.3 Å². The van der Waals surface area contributed by atoms with Crippen LogP contribution in [-0.4, -0.2) is 28.9 Å². The number of amides is 1. The van der Waals surface area contributed by atoms with E-state index in [1.165, 1.54) is 6.42 Å². The van der Waals surface area contributed by atoms with Crippen LogP contribution in [-0.2, 0) is 0 Å². The van der Waals surface area contributed by atoms with Crippen LogP contribution >= 0.6 is 11.3 Å². The van der Waals surface area contributed by atoms with Crippen molar-refractivity contribution in [3.63, 3.8) is 0 Å². The third-order valence-corrected chi connectivity index (χ3v) is 4.49. The van der Waals surface area contributed by atoms with E-state index < -0.39 is 0 Å². The minimum Gasteiger partial charge on any atom is -0.350 e. The number of nitrogens with zero attached hydrogens (tertiary/aromatic N) is 1. The number of piperidine rings is 1. The summed E-state index contributed by atoms with van der Waals surface area (Å²) in [5.74, 6) is 1.36. The molecule has 1 N–H and O–H groups in total. The van der Waals surface area contributed by atoms with Crippen LogP contribution in [0.2, 0.25) is 0 Å². The van der Waals surface area contributed by atoms with Gasteiger partial charge in [0.25, 0.3) is 5.91 Å². The highest BCUT2D eigenvalue weighted by atomic mass is 32.1. The third-order valence-electron chi connectivity index (χ3n) is 3.63. The molecule has 0 bridgehead atoms. The number of carbonyl (C=O) groups excluding carboxylic acids is 1. The number of rotatable bonds is 1. The maximum absolute atomic E-state index is 12.5. The van der Waals surface area contributed by atoms with Gasteiger partial charge in [-0.15, -0.1) is 11.3 Å². The number of thiophene rings is 1. The molecule has 1 saturated heterocycles. The standard InChI is InChI=1S/C14H18N2OS/c1-9-5-10(2)8-16(7-9)14(17)12-6-13-11(15-12)3-4-18-13/h3-4,6,9-10,15H,5,7-8H2,1-2H3. The van der Waals surface area contributed by atoms with Gasteiger partial charge in [-0.05, 0) is 35.8 Å². The Bertz CT molecular complexity index is 533. The quantitative estimate of drug-likeness (QED) is 0.840. The van der Waals surface area contributed by atoms with Crippen LogP contribution < -0.4 is 0 Å². The van der Waals surface area contributed by atoms with Crippen LogP contribution in [0, 0.1) is 11.8 Å². The Morgan fingerprint density at radius 3 is 2.78 bits per heavy atom. The average molecular weight is 262 g/mol. The molecule has 0 aliphatic carbocycles. The number of carbonyl (C=O) groups is 1. The lowest BCUT2D eigenvalue weighted by atomic mass is 9.92. The molecule has 0 aromatic carbocycles. The van der Waals surface area contributed by atoms with Crippen molar-refractivity contribution < 1.29 is 4.79 Å². The monoisotopic (exact) mass is 262 g/mol. The second kappa shape index (κ2) is 4.43. The Morgan fingerprint density at radius 1 is 1.39 bits per heavy atom. The van der Waals surface area contributed by atoms with Crippen molar-refractivity contribution in [1.29, 1.82) is 0 Å². The van der Waals surface area contributed by atoms with E-state index in [4.69, 9.17) is 0 Å². The Balaban J connectivity index is 1.83. The Kier molecular flexibility index (Phi) is 2.90. The molecule has 0 saturated carbocycles. The van der Waals surface area contributed by atoms with E-state index in [-0.39, 0.29) is 5.91 Å². The summed E-state index contributed by atoms with van der Waals surface area (Å²) in [5, 5.41) is 2.04. The molecule has 1 fully saturated rings. The second-order valence-corrected chi connectivity index (χ2v) is 6.49. The van der Waals surface area contributed by atoms with E-state index in [9.17, 15) is 4.79 Å². The van der Waals surface area contributed by atoms with Crippen LogP contribution in [0.5, 0.6) is 0 Å². The fraction of sp³-hybridized carbons (Fsp3) is 0.500. The Labute approximate surface area is 111 Å². The molecule has 1 amide bonds. The predicted octanol–water partition coefficient (Wildman–Crippen LogP) is 3.35. The van der Waals surface area contributed by atoms with Gasteiger partial charge < -0.3 is 9.88 Å². The van der Waals surface area contributed by atoms with Gasteiger partial charge in [0, 0.05) is 13.1 Å². The number of aromatic nitrogens is 1. The van der Waals surface area contributed by atoms with Gasteiger partial charge in [0.15, 0.2) is 0 Å². The van der Waals surface area contributed by atoms with E-state index in [1.807, 2.05) is 22.4 Å². The van der Waals surface area contributed by atoms with Gasteiger partial charge in [-0.25, -0.2) is 0 Å². The van der Waals surface area contributed by atoms with Crippen LogP contribution in [0.15, 0.2) is 17.5 Å². The molecule has 0 spiro atoms. The van der Waals surface area contributed by atoms with Gasteiger partial charge in [-0.2, -0.15) is 0 Å². The van der Waals surface area contributed by atoms with E-state index in [2.05, 4.69) is 18.8 Å². The van der Waals surface area contributed by atoms with Crippen LogP contribution in [0.1, 0.15) is 30.8 Å². The van der Waals surface area contributed by atoms with Gasteiger partial charge in [0.05, 0.1) is 10.2 Å². The van der Waals surface area contributed by atoms with Crippen LogP contribution in [0.3, 0.4) is 0 Å². The summed E-state index contributed by atoms with van der Waals surface area (Å²) in [5.41, 5.74) is 1.81. The molecule has 2 aromatic heterocycles. The Hall–Kier alpha value is -1.29. The average Bonchev–Trinajstić information content (AvgIpc) is 2.86. The molecule has 2 aromatic rings. The zero-order chi connectivity index (χ0) is 12.7. The van der Waals surface area contributed by atoms with Gasteiger partial charge >= 0.3 is 0 Å². The first-order chi connectivity index (χ1) is 8.63. The molecule has 2 atom stereocenters. The number of nitrogens with one attached hydrogen (secondary N) is 1.